The molecule has 2 aromatic carbocycles. The zero-order chi connectivity index (χ0) is 12.4. The Bertz CT molecular complexity index is 533. The maximum atomic E-state index is 9.23. The molecular weight excluding hydrogens is 212 g/mol. The number of nitrogens with two attached hydrogens (primary N) is 2. The molecule has 0 bridgehead atoms. The fourth-order valence-corrected chi connectivity index (χ4v) is 1.85. The summed E-state index contributed by atoms with van der Waals surface area (Å²) in [6.45, 7) is 1.97. The minimum atomic E-state index is 0.269. The van der Waals surface area contributed by atoms with E-state index in [-0.39, 0.29) is 5.75 Å². The molecule has 0 atom stereocenters. The van der Waals surface area contributed by atoms with Gasteiger partial charge < -0.3 is 16.6 Å². The highest BCUT2D eigenvalue weighted by atomic mass is 16.3. The van der Waals surface area contributed by atoms with Crippen LogP contribution in [-0.2, 0) is 6.42 Å². The van der Waals surface area contributed by atoms with Crippen molar-refractivity contribution in [1.82, 2.24) is 0 Å². The highest BCUT2D eigenvalue weighted by Gasteiger charge is 2.07. The quantitative estimate of drug-likeness (QED) is 0.691. The van der Waals surface area contributed by atoms with E-state index in [2.05, 4.69) is 0 Å². The smallest absolute Gasteiger partial charge is 0.115 e. The summed E-state index contributed by atoms with van der Waals surface area (Å²) >= 11 is 0. The van der Waals surface area contributed by atoms with Gasteiger partial charge in [-0.2, -0.15) is 0 Å². The average molecular weight is 228 g/mol. The number of hydrogen-bond donors (Lipinski definition) is 3. The van der Waals surface area contributed by atoms with Crippen molar-refractivity contribution in [2.45, 2.75) is 13.3 Å². The molecule has 0 unspecified atom stereocenters. The largest absolute Gasteiger partial charge is 0.508 e. The first-order valence-corrected chi connectivity index (χ1v) is 5.49. The Kier molecular flexibility index (Phi) is 2.91. The van der Waals surface area contributed by atoms with Crippen LogP contribution >= 0.6 is 0 Å². The second-order valence-electron chi connectivity index (χ2n) is 4.19. The number of anilines is 2. The van der Waals surface area contributed by atoms with Gasteiger partial charge in [0.2, 0.25) is 0 Å². The summed E-state index contributed by atoms with van der Waals surface area (Å²) in [5.41, 5.74) is 16.5. The van der Waals surface area contributed by atoms with Crippen molar-refractivity contribution in [3.63, 3.8) is 0 Å². The molecule has 88 valence electrons. The predicted molar refractivity (Wildman–Crippen MR) is 70.9 cm³/mol. The third-order valence-corrected chi connectivity index (χ3v) is 2.99. The first-order valence-electron chi connectivity index (χ1n) is 5.49. The number of benzene rings is 2. The highest BCUT2D eigenvalue weighted by molar-refractivity contribution is 5.62. The molecule has 0 aliphatic rings. The lowest BCUT2D eigenvalue weighted by molar-refractivity contribution is 0.475. The zero-order valence-corrected chi connectivity index (χ0v) is 9.77. The standard InChI is InChI=1S/C14H16N2O/c1-9-12(14(16)7-6-13(9)15)8-10-2-4-11(17)5-3-10/h2-7,17H,8,15-16H2,1H3. The number of hydrogen-bond acceptors (Lipinski definition) is 3. The van der Waals surface area contributed by atoms with Crippen LogP contribution < -0.4 is 11.5 Å². The maximum absolute atomic E-state index is 9.23. The van der Waals surface area contributed by atoms with Crippen LogP contribution in [-0.4, -0.2) is 5.11 Å². The molecule has 0 amide bonds. The Balaban J connectivity index is 2.36. The van der Waals surface area contributed by atoms with Gasteiger partial charge in [0, 0.05) is 11.4 Å². The zero-order valence-electron chi connectivity index (χ0n) is 9.77. The summed E-state index contributed by atoms with van der Waals surface area (Å²) in [6, 6.07) is 10.8. The molecule has 0 spiro atoms. The molecule has 0 radical (unpaired) electrons. The molecule has 2 rings (SSSR count). The van der Waals surface area contributed by atoms with E-state index in [0.29, 0.717) is 0 Å². The number of rotatable bonds is 2. The molecule has 3 nitrogen and oxygen atoms in total. The van der Waals surface area contributed by atoms with E-state index in [4.69, 9.17) is 11.5 Å². The van der Waals surface area contributed by atoms with E-state index in [9.17, 15) is 5.11 Å². The topological polar surface area (TPSA) is 72.3 Å². The second-order valence-corrected chi connectivity index (χ2v) is 4.19. The molecule has 0 fully saturated rings. The van der Waals surface area contributed by atoms with Crippen molar-refractivity contribution in [3.05, 3.63) is 53.1 Å². The SMILES string of the molecule is Cc1c(N)ccc(N)c1Cc1ccc(O)cc1. The number of phenols is 1. The van der Waals surface area contributed by atoms with Gasteiger partial charge in [0.15, 0.2) is 0 Å². The molecule has 3 heteroatoms. The summed E-state index contributed by atoms with van der Waals surface area (Å²) < 4.78 is 0. The minimum Gasteiger partial charge on any atom is -0.508 e. The lowest BCUT2D eigenvalue weighted by atomic mass is 9.97. The molecule has 0 heterocycles. The van der Waals surface area contributed by atoms with Crippen LogP contribution in [0.1, 0.15) is 16.7 Å². The van der Waals surface area contributed by atoms with E-state index >= 15 is 0 Å². The molecule has 0 aromatic heterocycles. The normalized spacial score (nSPS) is 10.4. The summed E-state index contributed by atoms with van der Waals surface area (Å²) in [7, 11) is 0. The minimum absolute atomic E-state index is 0.269. The van der Waals surface area contributed by atoms with Gasteiger partial charge >= 0.3 is 0 Å². The van der Waals surface area contributed by atoms with Crippen molar-refractivity contribution in [3.8, 4) is 5.75 Å². The van der Waals surface area contributed by atoms with Crippen LogP contribution in [0.5, 0.6) is 5.75 Å². The van der Waals surface area contributed by atoms with Crippen molar-refractivity contribution in [1.29, 1.82) is 0 Å². The van der Waals surface area contributed by atoms with E-state index in [1.807, 2.05) is 31.2 Å². The van der Waals surface area contributed by atoms with Gasteiger partial charge in [-0.15, -0.1) is 0 Å². The van der Waals surface area contributed by atoms with Crippen LogP contribution in [0.4, 0.5) is 11.4 Å². The van der Waals surface area contributed by atoms with Crippen molar-refractivity contribution in [2.75, 3.05) is 11.5 Å². The summed E-state index contributed by atoms with van der Waals surface area (Å²) in [4.78, 5) is 0. The Morgan fingerprint density at radius 1 is 0.941 bits per heavy atom. The van der Waals surface area contributed by atoms with Crippen molar-refractivity contribution in [2.24, 2.45) is 0 Å². The fraction of sp³-hybridized carbons (Fsp3) is 0.143. The third-order valence-electron chi connectivity index (χ3n) is 2.99. The van der Waals surface area contributed by atoms with E-state index in [1.54, 1.807) is 12.1 Å². The molecule has 2 aromatic rings. The Labute approximate surface area is 101 Å². The summed E-state index contributed by atoms with van der Waals surface area (Å²) in [5.74, 6) is 0.269. The molecule has 0 saturated heterocycles. The van der Waals surface area contributed by atoms with Crippen molar-refractivity contribution < 1.29 is 5.11 Å². The molecular formula is C14H16N2O. The van der Waals surface area contributed by atoms with E-state index < -0.39 is 0 Å². The maximum Gasteiger partial charge on any atom is 0.115 e. The summed E-state index contributed by atoms with van der Waals surface area (Å²) in [5, 5.41) is 9.23. The predicted octanol–water partition coefficient (Wildman–Crippen LogP) is 2.46. The van der Waals surface area contributed by atoms with Gasteiger partial charge in [-0.25, -0.2) is 0 Å². The molecule has 0 aliphatic carbocycles. The highest BCUT2D eigenvalue weighted by Crippen LogP contribution is 2.25. The molecule has 17 heavy (non-hydrogen) atoms. The van der Waals surface area contributed by atoms with E-state index in [1.165, 1.54) is 0 Å². The van der Waals surface area contributed by atoms with Gasteiger partial charge in [-0.3, -0.25) is 0 Å². The van der Waals surface area contributed by atoms with Crippen LogP contribution in [0, 0.1) is 6.92 Å². The van der Waals surface area contributed by atoms with Crippen LogP contribution in [0.2, 0.25) is 0 Å². The third kappa shape index (κ3) is 2.33. The molecule has 5 N–H and O–H groups in total. The van der Waals surface area contributed by atoms with Gasteiger partial charge in [0.25, 0.3) is 0 Å². The first-order chi connectivity index (χ1) is 8.08. The molecule has 0 aliphatic heterocycles. The monoisotopic (exact) mass is 228 g/mol. The van der Waals surface area contributed by atoms with Gasteiger partial charge in [0.05, 0.1) is 0 Å². The number of nitrogen functional groups attached to an aromatic ring is 2. The lowest BCUT2D eigenvalue weighted by Crippen LogP contribution is -2.02. The first kappa shape index (κ1) is 11.3. The van der Waals surface area contributed by atoms with Crippen LogP contribution in [0.3, 0.4) is 0 Å². The second kappa shape index (κ2) is 4.37. The van der Waals surface area contributed by atoms with E-state index in [0.717, 1.165) is 34.5 Å². The fourth-order valence-electron chi connectivity index (χ4n) is 1.85. The van der Waals surface area contributed by atoms with Gasteiger partial charge in [0.1, 0.15) is 5.75 Å². The van der Waals surface area contributed by atoms with Crippen LogP contribution in [0.25, 0.3) is 0 Å². The number of phenolic OH excluding ortho intramolecular Hbond substituents is 1. The Morgan fingerprint density at radius 3 is 2.18 bits per heavy atom. The lowest BCUT2D eigenvalue weighted by Gasteiger charge is -2.12. The van der Waals surface area contributed by atoms with Gasteiger partial charge in [-0.05, 0) is 54.3 Å². The van der Waals surface area contributed by atoms with Crippen molar-refractivity contribution >= 4 is 11.4 Å². The summed E-state index contributed by atoms with van der Waals surface area (Å²) in [6.07, 6.45) is 0.725. The average Bonchev–Trinajstić information content (AvgIpc) is 2.32. The van der Waals surface area contributed by atoms with Gasteiger partial charge in [-0.1, -0.05) is 12.1 Å². The van der Waals surface area contributed by atoms with Crippen LogP contribution in [0.15, 0.2) is 36.4 Å². The number of aromatic hydroxyl groups is 1. The Morgan fingerprint density at radius 2 is 1.53 bits per heavy atom. The Hall–Kier alpha value is -2.16. The molecule has 0 saturated carbocycles.